The zero-order valence-electron chi connectivity index (χ0n) is 25.7. The van der Waals surface area contributed by atoms with Crippen LogP contribution in [0.1, 0.15) is 31.0 Å². The summed E-state index contributed by atoms with van der Waals surface area (Å²) in [6.45, 7) is 11.8. The molecule has 2 aromatic heterocycles. The van der Waals surface area contributed by atoms with E-state index in [1.54, 1.807) is 23.4 Å². The highest BCUT2D eigenvalue weighted by molar-refractivity contribution is 5.94. The molecule has 1 saturated carbocycles. The number of halogens is 2. The number of fused-ring (bicyclic) bond motifs is 2. The van der Waals surface area contributed by atoms with Gasteiger partial charge >= 0.3 is 6.01 Å². The van der Waals surface area contributed by atoms with Gasteiger partial charge in [-0.05, 0) is 45.4 Å². The van der Waals surface area contributed by atoms with Gasteiger partial charge in [-0.1, -0.05) is 12.1 Å². The Bertz CT molecular complexity index is 1620. The lowest BCUT2D eigenvalue weighted by Gasteiger charge is -2.41. The van der Waals surface area contributed by atoms with Crippen molar-refractivity contribution in [3.8, 4) is 6.01 Å². The Morgan fingerprint density at radius 2 is 2.07 bits per heavy atom. The van der Waals surface area contributed by atoms with Crippen molar-refractivity contribution in [1.82, 2.24) is 24.8 Å². The number of hydrogen-bond acceptors (Lipinski definition) is 8. The first-order valence-electron chi connectivity index (χ1n) is 15.5. The molecule has 0 bridgehead atoms. The molecule has 3 aliphatic rings. The Labute approximate surface area is 262 Å². The van der Waals surface area contributed by atoms with Gasteiger partial charge in [0.05, 0.1) is 24.1 Å². The molecule has 0 unspecified atom stereocenters. The molecule has 236 valence electrons. The molecular weight excluding hydrogens is 578 g/mol. The number of ether oxygens (including phenoxy) is 1. The van der Waals surface area contributed by atoms with Crippen molar-refractivity contribution in [2.75, 3.05) is 62.9 Å². The molecule has 0 radical (unpaired) electrons. The van der Waals surface area contributed by atoms with Gasteiger partial charge in [0.2, 0.25) is 12.5 Å². The van der Waals surface area contributed by atoms with Crippen LogP contribution < -0.4 is 14.5 Å². The van der Waals surface area contributed by atoms with E-state index in [2.05, 4.69) is 38.5 Å². The SMILES string of the molecule is [C-]#[N+]C[C@H]1CN(c2nc(OC[C@@H](C)N(C)C3CC3)nc3c2CCN(c2cncc4cccc(F)c24)C3)CCN1C(=O)/C=C/CF. The Morgan fingerprint density at radius 1 is 1.22 bits per heavy atom. The zero-order chi connectivity index (χ0) is 31.5. The van der Waals surface area contributed by atoms with Crippen molar-refractivity contribution in [2.24, 2.45) is 0 Å². The molecule has 10 nitrogen and oxygen atoms in total. The van der Waals surface area contributed by atoms with Crippen molar-refractivity contribution in [3.63, 3.8) is 0 Å². The van der Waals surface area contributed by atoms with Gasteiger partial charge in [-0.15, -0.1) is 0 Å². The standard InChI is InChI=1S/C33H38F2N8O2/c1-22(40(3)24-9-10-24)21-45-33-38-28-20-41(29-18-37-16-23-6-4-7-27(35)31(23)29)13-11-26(28)32(39-33)42-14-15-43(25(19-42)17-36-2)30(44)8-5-12-34/h4-8,16,18,22,24-25H,9-15,17,19-21H2,1,3H3/b8-5+/t22-,25+/m1/s1. The summed E-state index contributed by atoms with van der Waals surface area (Å²) in [5.74, 6) is 0.146. The first-order valence-corrected chi connectivity index (χ1v) is 15.5. The number of piperazine rings is 1. The van der Waals surface area contributed by atoms with Crippen LogP contribution in [0.2, 0.25) is 0 Å². The lowest BCUT2D eigenvalue weighted by molar-refractivity contribution is -0.128. The molecule has 1 aliphatic carbocycles. The lowest BCUT2D eigenvalue weighted by atomic mass is 10.0. The van der Waals surface area contributed by atoms with Crippen LogP contribution in [0.5, 0.6) is 6.01 Å². The van der Waals surface area contributed by atoms with E-state index in [0.717, 1.165) is 22.5 Å². The largest absolute Gasteiger partial charge is 0.462 e. The fourth-order valence-electron chi connectivity index (χ4n) is 6.33. The van der Waals surface area contributed by atoms with Gasteiger partial charge in [-0.3, -0.25) is 14.7 Å². The molecule has 2 aliphatic heterocycles. The van der Waals surface area contributed by atoms with Gasteiger partial charge in [-0.2, -0.15) is 9.97 Å². The predicted molar refractivity (Wildman–Crippen MR) is 169 cm³/mol. The first-order chi connectivity index (χ1) is 21.9. The Kier molecular flexibility index (Phi) is 9.07. The molecular formula is C33H38F2N8O2. The third-order valence-electron chi connectivity index (χ3n) is 9.06. The molecule has 6 rings (SSSR count). The maximum Gasteiger partial charge on any atom is 0.318 e. The van der Waals surface area contributed by atoms with E-state index in [-0.39, 0.29) is 36.4 Å². The van der Waals surface area contributed by atoms with Crippen molar-refractivity contribution in [2.45, 2.75) is 50.9 Å². The summed E-state index contributed by atoms with van der Waals surface area (Å²) in [7, 11) is 2.11. The fourth-order valence-corrected chi connectivity index (χ4v) is 6.33. The van der Waals surface area contributed by atoms with Gasteiger partial charge in [0.15, 0.2) is 0 Å². The number of anilines is 2. The lowest BCUT2D eigenvalue weighted by Crippen LogP contribution is -2.56. The van der Waals surface area contributed by atoms with E-state index in [9.17, 15) is 9.18 Å². The molecule has 1 amide bonds. The highest BCUT2D eigenvalue weighted by Crippen LogP contribution is 2.35. The second-order valence-electron chi connectivity index (χ2n) is 12.0. The topological polar surface area (TPSA) is 82.3 Å². The number of hydrogen-bond donors (Lipinski definition) is 0. The van der Waals surface area contributed by atoms with Gasteiger partial charge in [0.25, 0.3) is 0 Å². The number of alkyl halides is 1. The summed E-state index contributed by atoms with van der Waals surface area (Å²) in [6.07, 6.45) is 8.82. The average Bonchev–Trinajstić information content (AvgIpc) is 3.91. The molecule has 4 heterocycles. The molecule has 1 saturated heterocycles. The number of benzene rings is 1. The number of carbonyl (C=O) groups excluding carboxylic acids is 1. The number of likely N-dealkylation sites (N-methyl/N-ethyl adjacent to an activating group) is 1. The zero-order valence-corrected chi connectivity index (χ0v) is 25.7. The highest BCUT2D eigenvalue weighted by atomic mass is 19.1. The van der Waals surface area contributed by atoms with E-state index >= 15 is 4.39 Å². The average molecular weight is 617 g/mol. The summed E-state index contributed by atoms with van der Waals surface area (Å²) < 4.78 is 34.0. The monoisotopic (exact) mass is 616 g/mol. The van der Waals surface area contributed by atoms with Gasteiger partial charge in [0.1, 0.15) is 31.0 Å². The number of carbonyl (C=O) groups is 1. The Balaban J connectivity index is 1.31. The van der Waals surface area contributed by atoms with Crippen LogP contribution in [-0.4, -0.2) is 102 Å². The van der Waals surface area contributed by atoms with Crippen LogP contribution in [0, 0.1) is 12.4 Å². The number of nitrogens with zero attached hydrogens (tertiary/aromatic N) is 8. The quantitative estimate of drug-likeness (QED) is 0.249. The highest BCUT2D eigenvalue weighted by Gasteiger charge is 2.35. The normalized spacial score (nSPS) is 19.2. The Hall–Kier alpha value is -4.37. The van der Waals surface area contributed by atoms with Crippen LogP contribution in [0.4, 0.5) is 20.3 Å². The van der Waals surface area contributed by atoms with E-state index in [1.165, 1.54) is 31.1 Å². The maximum absolute atomic E-state index is 15.0. The van der Waals surface area contributed by atoms with E-state index in [0.29, 0.717) is 62.9 Å². The second kappa shape index (κ2) is 13.3. The number of pyridine rings is 1. The minimum Gasteiger partial charge on any atom is -0.462 e. The third kappa shape index (κ3) is 6.54. The van der Waals surface area contributed by atoms with E-state index in [4.69, 9.17) is 21.3 Å². The van der Waals surface area contributed by atoms with E-state index < -0.39 is 6.67 Å². The number of allylic oxidation sites excluding steroid dienone is 1. The third-order valence-corrected chi connectivity index (χ3v) is 9.06. The van der Waals surface area contributed by atoms with Crippen LogP contribution >= 0.6 is 0 Å². The fraction of sp³-hybridized carbons (Fsp3) is 0.485. The molecule has 2 atom stereocenters. The van der Waals surface area contributed by atoms with Crippen molar-refractivity contribution in [1.29, 1.82) is 0 Å². The van der Waals surface area contributed by atoms with Gasteiger partial charge < -0.3 is 24.3 Å². The smallest absolute Gasteiger partial charge is 0.318 e. The Morgan fingerprint density at radius 3 is 2.84 bits per heavy atom. The second-order valence-corrected chi connectivity index (χ2v) is 12.0. The molecule has 0 spiro atoms. The summed E-state index contributed by atoms with van der Waals surface area (Å²) in [5.41, 5.74) is 2.49. The molecule has 1 aromatic carbocycles. The van der Waals surface area contributed by atoms with Crippen LogP contribution in [-0.2, 0) is 17.8 Å². The summed E-state index contributed by atoms with van der Waals surface area (Å²) in [6, 6.07) is 5.67. The minimum absolute atomic E-state index is 0.126. The number of aromatic nitrogens is 3. The van der Waals surface area contributed by atoms with Gasteiger partial charge in [0, 0.05) is 66.9 Å². The number of rotatable bonds is 10. The van der Waals surface area contributed by atoms with Crippen LogP contribution in [0.25, 0.3) is 15.6 Å². The molecule has 45 heavy (non-hydrogen) atoms. The minimum atomic E-state index is -0.720. The number of amides is 1. The molecule has 2 fully saturated rings. The predicted octanol–water partition coefficient (Wildman–Crippen LogP) is 4.05. The molecule has 12 heteroatoms. The van der Waals surface area contributed by atoms with E-state index in [1.807, 2.05) is 6.07 Å². The van der Waals surface area contributed by atoms with Crippen LogP contribution in [0.3, 0.4) is 0 Å². The van der Waals surface area contributed by atoms with Crippen molar-refractivity contribution < 1.29 is 18.3 Å². The maximum atomic E-state index is 15.0. The molecule has 0 N–H and O–H groups in total. The summed E-state index contributed by atoms with van der Waals surface area (Å²) >= 11 is 0. The molecule has 3 aromatic rings. The summed E-state index contributed by atoms with van der Waals surface area (Å²) in [5, 5.41) is 1.27. The van der Waals surface area contributed by atoms with Crippen LogP contribution in [0.15, 0.2) is 42.7 Å². The van der Waals surface area contributed by atoms with Crippen molar-refractivity contribution in [3.05, 3.63) is 71.2 Å². The van der Waals surface area contributed by atoms with Gasteiger partial charge in [-0.25, -0.2) is 15.4 Å². The first kappa shape index (κ1) is 30.6. The summed E-state index contributed by atoms with van der Waals surface area (Å²) in [4.78, 5) is 38.7. The van der Waals surface area contributed by atoms with Crippen molar-refractivity contribution >= 4 is 28.2 Å².